The van der Waals surface area contributed by atoms with Gasteiger partial charge in [-0.25, -0.2) is 4.79 Å². The number of benzene rings is 2. The standard InChI is InChI=1S/C19H20BrNO3/c1-3-17(14-6-4-13(2)5-7-14)21-18(22)12-24-19(23)15-8-10-16(20)11-9-15/h4-11,17H,3,12H2,1-2H3,(H,21,22)/t17-/m1/s1. The first-order valence-electron chi connectivity index (χ1n) is 7.78. The molecule has 2 aromatic carbocycles. The van der Waals surface area contributed by atoms with Gasteiger partial charge in [0.15, 0.2) is 6.61 Å². The fourth-order valence-corrected chi connectivity index (χ4v) is 2.52. The van der Waals surface area contributed by atoms with Crippen molar-refractivity contribution in [2.45, 2.75) is 26.3 Å². The van der Waals surface area contributed by atoms with Gasteiger partial charge in [0.1, 0.15) is 0 Å². The van der Waals surface area contributed by atoms with Crippen LogP contribution in [0.25, 0.3) is 0 Å². The number of hydrogen-bond acceptors (Lipinski definition) is 3. The Labute approximate surface area is 150 Å². The minimum absolute atomic E-state index is 0.0931. The number of halogens is 1. The number of nitrogens with one attached hydrogen (secondary N) is 1. The highest BCUT2D eigenvalue weighted by atomic mass is 79.9. The van der Waals surface area contributed by atoms with Crippen LogP contribution in [0.1, 0.15) is 40.9 Å². The van der Waals surface area contributed by atoms with Crippen molar-refractivity contribution in [2.75, 3.05) is 6.61 Å². The first-order chi connectivity index (χ1) is 11.5. The minimum atomic E-state index is -0.513. The van der Waals surface area contributed by atoms with Gasteiger partial charge in [-0.3, -0.25) is 4.79 Å². The van der Waals surface area contributed by atoms with Crippen LogP contribution in [0.15, 0.2) is 53.0 Å². The average molecular weight is 390 g/mol. The smallest absolute Gasteiger partial charge is 0.338 e. The molecule has 2 aromatic rings. The van der Waals surface area contributed by atoms with E-state index in [0.29, 0.717) is 5.56 Å². The predicted octanol–water partition coefficient (Wildman–Crippen LogP) is 4.18. The lowest BCUT2D eigenvalue weighted by atomic mass is 10.0. The Morgan fingerprint density at radius 1 is 1.08 bits per heavy atom. The molecule has 0 aliphatic carbocycles. The normalized spacial score (nSPS) is 11.6. The Morgan fingerprint density at radius 3 is 2.29 bits per heavy atom. The van der Waals surface area contributed by atoms with E-state index in [-0.39, 0.29) is 18.6 Å². The lowest BCUT2D eigenvalue weighted by Crippen LogP contribution is -2.32. The van der Waals surface area contributed by atoms with Gasteiger partial charge in [-0.15, -0.1) is 0 Å². The van der Waals surface area contributed by atoms with Crippen LogP contribution in [0.5, 0.6) is 0 Å². The number of carbonyl (C=O) groups is 2. The summed E-state index contributed by atoms with van der Waals surface area (Å²) in [6.07, 6.45) is 0.759. The van der Waals surface area contributed by atoms with E-state index in [4.69, 9.17) is 4.74 Å². The number of rotatable bonds is 6. The third-order valence-corrected chi connectivity index (χ3v) is 4.17. The van der Waals surface area contributed by atoms with Crippen LogP contribution in [0.2, 0.25) is 0 Å². The van der Waals surface area contributed by atoms with Crippen molar-refractivity contribution in [3.05, 3.63) is 69.7 Å². The Hall–Kier alpha value is -2.14. The van der Waals surface area contributed by atoms with Gasteiger partial charge in [-0.2, -0.15) is 0 Å². The summed E-state index contributed by atoms with van der Waals surface area (Å²) in [4.78, 5) is 24.0. The third-order valence-electron chi connectivity index (χ3n) is 3.64. The maximum absolute atomic E-state index is 12.0. The zero-order valence-corrected chi connectivity index (χ0v) is 15.3. The van der Waals surface area contributed by atoms with E-state index in [2.05, 4.69) is 21.2 Å². The largest absolute Gasteiger partial charge is 0.452 e. The molecular weight excluding hydrogens is 370 g/mol. The summed E-state index contributed by atoms with van der Waals surface area (Å²) in [5.41, 5.74) is 2.62. The molecule has 0 saturated carbocycles. The fraction of sp³-hybridized carbons (Fsp3) is 0.263. The fourth-order valence-electron chi connectivity index (χ4n) is 2.26. The molecule has 0 fully saturated rings. The van der Waals surface area contributed by atoms with E-state index in [0.717, 1.165) is 16.5 Å². The van der Waals surface area contributed by atoms with Gasteiger partial charge in [0, 0.05) is 4.47 Å². The zero-order chi connectivity index (χ0) is 17.5. The maximum atomic E-state index is 12.0. The topological polar surface area (TPSA) is 55.4 Å². The molecule has 0 bridgehead atoms. The summed E-state index contributed by atoms with van der Waals surface area (Å²) in [5.74, 6) is -0.825. The zero-order valence-electron chi connectivity index (χ0n) is 13.7. The number of carbonyl (C=O) groups excluding carboxylic acids is 2. The number of esters is 1. The van der Waals surface area contributed by atoms with Crippen molar-refractivity contribution >= 4 is 27.8 Å². The van der Waals surface area contributed by atoms with E-state index < -0.39 is 5.97 Å². The van der Waals surface area contributed by atoms with Crippen molar-refractivity contribution in [1.29, 1.82) is 0 Å². The van der Waals surface area contributed by atoms with Crippen molar-refractivity contribution in [2.24, 2.45) is 0 Å². The Bertz CT molecular complexity index is 696. The molecule has 0 aliphatic rings. The van der Waals surface area contributed by atoms with E-state index in [1.807, 2.05) is 38.1 Å². The van der Waals surface area contributed by atoms with E-state index in [1.165, 1.54) is 5.56 Å². The summed E-state index contributed by atoms with van der Waals surface area (Å²) in [6, 6.07) is 14.7. The molecule has 0 aromatic heterocycles. The molecule has 0 aliphatic heterocycles. The predicted molar refractivity (Wildman–Crippen MR) is 96.8 cm³/mol. The van der Waals surface area contributed by atoms with Crippen LogP contribution >= 0.6 is 15.9 Å². The number of hydrogen-bond donors (Lipinski definition) is 1. The molecule has 0 unspecified atom stereocenters. The molecule has 126 valence electrons. The van der Waals surface area contributed by atoms with Gasteiger partial charge in [0.05, 0.1) is 11.6 Å². The molecule has 0 saturated heterocycles. The summed E-state index contributed by atoms with van der Waals surface area (Å²) in [7, 11) is 0. The molecule has 2 rings (SSSR count). The second-order valence-corrected chi connectivity index (χ2v) is 6.44. The molecule has 0 heterocycles. The minimum Gasteiger partial charge on any atom is -0.452 e. The van der Waals surface area contributed by atoms with Gasteiger partial charge in [0.25, 0.3) is 5.91 Å². The van der Waals surface area contributed by atoms with E-state index in [1.54, 1.807) is 24.3 Å². The van der Waals surface area contributed by atoms with Crippen LogP contribution < -0.4 is 5.32 Å². The highest BCUT2D eigenvalue weighted by molar-refractivity contribution is 9.10. The van der Waals surface area contributed by atoms with E-state index >= 15 is 0 Å². The van der Waals surface area contributed by atoms with Crippen molar-refractivity contribution in [3.8, 4) is 0 Å². The molecule has 1 N–H and O–H groups in total. The van der Waals surface area contributed by atoms with Crippen LogP contribution in [0.3, 0.4) is 0 Å². The van der Waals surface area contributed by atoms with Gasteiger partial charge in [0.2, 0.25) is 0 Å². The summed E-state index contributed by atoms with van der Waals surface area (Å²) in [5, 5.41) is 2.89. The molecular formula is C19H20BrNO3. The Balaban J connectivity index is 1.88. The van der Waals surface area contributed by atoms with Crippen molar-refractivity contribution < 1.29 is 14.3 Å². The van der Waals surface area contributed by atoms with Gasteiger partial charge in [-0.05, 0) is 43.2 Å². The Kier molecular flexibility index (Phi) is 6.55. The highest BCUT2D eigenvalue weighted by Crippen LogP contribution is 2.17. The molecule has 1 amide bonds. The summed E-state index contributed by atoms with van der Waals surface area (Å²) < 4.78 is 5.94. The average Bonchev–Trinajstić information content (AvgIpc) is 2.59. The lowest BCUT2D eigenvalue weighted by Gasteiger charge is -2.17. The van der Waals surface area contributed by atoms with Crippen LogP contribution in [0, 0.1) is 6.92 Å². The second-order valence-electron chi connectivity index (χ2n) is 5.52. The summed E-state index contributed by atoms with van der Waals surface area (Å²) in [6.45, 7) is 3.72. The van der Waals surface area contributed by atoms with Crippen LogP contribution in [-0.2, 0) is 9.53 Å². The molecule has 24 heavy (non-hydrogen) atoms. The van der Waals surface area contributed by atoms with Crippen LogP contribution in [0.4, 0.5) is 0 Å². The Morgan fingerprint density at radius 2 is 1.71 bits per heavy atom. The quantitative estimate of drug-likeness (QED) is 0.753. The van der Waals surface area contributed by atoms with Gasteiger partial charge in [-0.1, -0.05) is 52.7 Å². The lowest BCUT2D eigenvalue weighted by molar-refractivity contribution is -0.125. The van der Waals surface area contributed by atoms with Crippen molar-refractivity contribution in [1.82, 2.24) is 5.32 Å². The molecule has 0 spiro atoms. The van der Waals surface area contributed by atoms with E-state index in [9.17, 15) is 9.59 Å². The number of amides is 1. The summed E-state index contributed by atoms with van der Waals surface area (Å²) >= 11 is 3.30. The monoisotopic (exact) mass is 389 g/mol. The van der Waals surface area contributed by atoms with Gasteiger partial charge >= 0.3 is 5.97 Å². The number of ether oxygens (including phenoxy) is 1. The molecule has 4 nitrogen and oxygen atoms in total. The number of aryl methyl sites for hydroxylation is 1. The maximum Gasteiger partial charge on any atom is 0.338 e. The first kappa shape index (κ1) is 18.2. The molecule has 5 heteroatoms. The molecule has 1 atom stereocenters. The molecule has 0 radical (unpaired) electrons. The SMILES string of the molecule is CC[C@@H](NC(=O)COC(=O)c1ccc(Br)cc1)c1ccc(C)cc1. The van der Waals surface area contributed by atoms with Gasteiger partial charge < -0.3 is 10.1 Å². The van der Waals surface area contributed by atoms with Crippen LogP contribution in [-0.4, -0.2) is 18.5 Å². The highest BCUT2D eigenvalue weighted by Gasteiger charge is 2.15. The second kappa shape index (κ2) is 8.64. The first-order valence-corrected chi connectivity index (χ1v) is 8.57. The third kappa shape index (κ3) is 5.20. The van der Waals surface area contributed by atoms with Crippen molar-refractivity contribution in [3.63, 3.8) is 0 Å².